The lowest BCUT2D eigenvalue weighted by Gasteiger charge is -2.42. The molecular weight excluding hydrogens is 456 g/mol. The largest absolute Gasteiger partial charge is 0.372 e. The minimum absolute atomic E-state index is 0.0445. The van der Waals surface area contributed by atoms with Crippen LogP contribution in [0.15, 0.2) is 83.8 Å². The van der Waals surface area contributed by atoms with E-state index >= 15 is 0 Å². The molecule has 0 spiro atoms. The molecule has 3 aromatic carbocycles. The Kier molecular flexibility index (Phi) is 6.49. The molecule has 1 N–H and O–H groups in total. The monoisotopic (exact) mass is 480 g/mol. The quantitative estimate of drug-likeness (QED) is 0.426. The second-order valence-electron chi connectivity index (χ2n) is 8.40. The number of nitrogens with zero attached hydrogens (tertiary/aromatic N) is 2. The van der Waals surface area contributed by atoms with Gasteiger partial charge in [0, 0.05) is 31.0 Å². The zero-order valence-electron chi connectivity index (χ0n) is 18.4. The summed E-state index contributed by atoms with van der Waals surface area (Å²) in [6.45, 7) is 1.90. The molecule has 0 saturated carbocycles. The minimum Gasteiger partial charge on any atom is -0.372 e. The normalized spacial score (nSPS) is 20.8. The van der Waals surface area contributed by atoms with Gasteiger partial charge >= 0.3 is 0 Å². The number of rotatable bonds is 6. The highest BCUT2D eigenvalue weighted by molar-refractivity contribution is 7.92. The predicted molar refractivity (Wildman–Crippen MR) is 126 cm³/mol. The molecule has 3 unspecified atom stereocenters. The Morgan fingerprint density at radius 1 is 1.00 bits per heavy atom. The lowest BCUT2D eigenvalue weighted by Crippen LogP contribution is -2.56. The summed E-state index contributed by atoms with van der Waals surface area (Å²) >= 11 is 0. The minimum atomic E-state index is -4.08. The molecule has 8 nitrogen and oxygen atoms in total. The van der Waals surface area contributed by atoms with E-state index in [1.165, 1.54) is 41.3 Å². The number of aliphatic hydroxyl groups is 1. The molecule has 0 radical (unpaired) electrons. The Labute approximate surface area is 197 Å². The fraction of sp³-hybridized carbons (Fsp3) is 0.240. The van der Waals surface area contributed by atoms with Crippen LogP contribution in [0.2, 0.25) is 0 Å². The number of benzene rings is 3. The van der Waals surface area contributed by atoms with Gasteiger partial charge in [-0.05, 0) is 30.2 Å². The van der Waals surface area contributed by atoms with E-state index in [0.717, 1.165) is 11.1 Å². The van der Waals surface area contributed by atoms with Gasteiger partial charge in [0.25, 0.3) is 5.69 Å². The zero-order chi connectivity index (χ0) is 24.5. The van der Waals surface area contributed by atoms with E-state index in [-0.39, 0.29) is 23.5 Å². The van der Waals surface area contributed by atoms with Crippen LogP contribution >= 0.6 is 0 Å². The number of nitro groups is 1. The van der Waals surface area contributed by atoms with Crippen molar-refractivity contribution in [1.29, 1.82) is 0 Å². The Morgan fingerprint density at radius 3 is 2.21 bits per heavy atom. The summed E-state index contributed by atoms with van der Waals surface area (Å²) in [4.78, 5) is 24.8. The highest BCUT2D eigenvalue weighted by Gasteiger charge is 2.49. The molecule has 1 saturated heterocycles. The number of carbonyl (C=O) groups is 1. The molecule has 34 heavy (non-hydrogen) atoms. The van der Waals surface area contributed by atoms with Crippen LogP contribution in [0.5, 0.6) is 0 Å². The summed E-state index contributed by atoms with van der Waals surface area (Å²) in [6, 6.07) is 20.8. The van der Waals surface area contributed by atoms with Gasteiger partial charge in [0.15, 0.2) is 9.84 Å². The van der Waals surface area contributed by atoms with Gasteiger partial charge in [-0.2, -0.15) is 0 Å². The fourth-order valence-electron chi connectivity index (χ4n) is 4.33. The van der Waals surface area contributed by atoms with Crippen molar-refractivity contribution in [2.45, 2.75) is 42.2 Å². The summed E-state index contributed by atoms with van der Waals surface area (Å²) < 4.78 is 27.5. The van der Waals surface area contributed by atoms with E-state index in [2.05, 4.69) is 0 Å². The number of non-ortho nitro benzene ring substituents is 1. The molecule has 3 atom stereocenters. The lowest BCUT2D eigenvalue weighted by molar-refractivity contribution is -0.384. The first-order chi connectivity index (χ1) is 16.2. The number of piperidine rings is 1. The molecule has 1 fully saturated rings. The van der Waals surface area contributed by atoms with E-state index in [9.17, 15) is 28.4 Å². The lowest BCUT2D eigenvalue weighted by atomic mass is 9.87. The third-order valence-corrected chi connectivity index (χ3v) is 8.38. The van der Waals surface area contributed by atoms with Crippen molar-refractivity contribution in [2.75, 3.05) is 0 Å². The number of hydrogen-bond acceptors (Lipinski definition) is 6. The van der Waals surface area contributed by atoms with Crippen molar-refractivity contribution in [2.24, 2.45) is 0 Å². The number of hydrogen-bond donors (Lipinski definition) is 1. The van der Waals surface area contributed by atoms with Crippen molar-refractivity contribution >= 4 is 21.4 Å². The number of likely N-dealkylation sites (tertiary alicyclic amines) is 1. The summed E-state index contributed by atoms with van der Waals surface area (Å²) in [5, 5.41) is 21.0. The van der Waals surface area contributed by atoms with Crippen molar-refractivity contribution in [3.8, 4) is 0 Å². The van der Waals surface area contributed by atoms with Crippen LogP contribution in [-0.4, -0.2) is 40.7 Å². The van der Waals surface area contributed by atoms with Gasteiger partial charge in [0.05, 0.1) is 9.82 Å². The standard InChI is InChI=1S/C25H24N2O6S/c1-17-7-13-21(14-8-17)34(32,33)24-22(19-9-11-20(12-10-19)27(30)31)15-23(28)26(25(24)29)16-18-5-3-2-4-6-18/h2-14,22,24-25,29H,15-16H2,1H3. The second-order valence-corrected chi connectivity index (χ2v) is 10.5. The highest BCUT2D eigenvalue weighted by Crippen LogP contribution is 2.39. The SMILES string of the molecule is Cc1ccc(S(=O)(=O)C2C(c3ccc([N+](=O)[O-])cc3)CC(=O)N(Cc3ccccc3)C2O)cc1. The average molecular weight is 481 g/mol. The van der Waals surface area contributed by atoms with Crippen LogP contribution in [0.4, 0.5) is 5.69 Å². The van der Waals surface area contributed by atoms with Crippen LogP contribution in [0, 0.1) is 17.0 Å². The molecule has 176 valence electrons. The summed E-state index contributed by atoms with van der Waals surface area (Å²) in [5.41, 5.74) is 1.94. The van der Waals surface area contributed by atoms with Crippen molar-refractivity contribution < 1.29 is 23.2 Å². The van der Waals surface area contributed by atoms with Gasteiger partial charge in [0.1, 0.15) is 11.5 Å². The molecule has 0 aromatic heterocycles. The maximum Gasteiger partial charge on any atom is 0.269 e. The van der Waals surface area contributed by atoms with Crippen molar-refractivity contribution in [3.63, 3.8) is 0 Å². The Hall–Kier alpha value is -3.56. The molecule has 3 aromatic rings. The van der Waals surface area contributed by atoms with Gasteiger partial charge in [-0.25, -0.2) is 8.42 Å². The maximum absolute atomic E-state index is 13.8. The van der Waals surface area contributed by atoms with Crippen molar-refractivity contribution in [1.82, 2.24) is 4.90 Å². The molecule has 0 aliphatic carbocycles. The van der Waals surface area contributed by atoms with Crippen LogP contribution in [-0.2, 0) is 21.2 Å². The second kappa shape index (κ2) is 9.36. The van der Waals surface area contributed by atoms with Gasteiger partial charge < -0.3 is 10.0 Å². The number of amides is 1. The van der Waals surface area contributed by atoms with Gasteiger partial charge in [0.2, 0.25) is 5.91 Å². The van der Waals surface area contributed by atoms with E-state index in [0.29, 0.717) is 5.56 Å². The number of nitro benzene ring substituents is 1. The Balaban J connectivity index is 1.77. The van der Waals surface area contributed by atoms with Gasteiger partial charge in [-0.3, -0.25) is 14.9 Å². The molecule has 1 aliphatic heterocycles. The smallest absolute Gasteiger partial charge is 0.269 e. The van der Waals surface area contributed by atoms with Crippen LogP contribution < -0.4 is 0 Å². The molecule has 1 aliphatic rings. The summed E-state index contributed by atoms with van der Waals surface area (Å²) in [7, 11) is -4.08. The number of sulfone groups is 1. The maximum atomic E-state index is 13.8. The topological polar surface area (TPSA) is 118 Å². The Bertz CT molecular complexity index is 1290. The van der Waals surface area contributed by atoms with Crippen LogP contribution in [0.3, 0.4) is 0 Å². The molecule has 4 rings (SSSR count). The molecule has 1 heterocycles. The highest BCUT2D eigenvalue weighted by atomic mass is 32.2. The summed E-state index contributed by atoms with van der Waals surface area (Å²) in [5.74, 6) is -1.27. The van der Waals surface area contributed by atoms with Crippen LogP contribution in [0.1, 0.15) is 29.0 Å². The van der Waals surface area contributed by atoms with Gasteiger partial charge in [-0.15, -0.1) is 0 Å². The number of carbonyl (C=O) groups excluding carboxylic acids is 1. The van der Waals surface area contributed by atoms with E-state index in [1.807, 2.05) is 13.0 Å². The van der Waals surface area contributed by atoms with Crippen molar-refractivity contribution in [3.05, 3.63) is 106 Å². The van der Waals surface area contributed by atoms with Crippen LogP contribution in [0.25, 0.3) is 0 Å². The first-order valence-electron chi connectivity index (χ1n) is 10.7. The first kappa shape index (κ1) is 23.6. The predicted octanol–water partition coefficient (Wildman–Crippen LogP) is 3.58. The fourth-order valence-corrected chi connectivity index (χ4v) is 6.31. The molecular formula is C25H24N2O6S. The number of aryl methyl sites for hydroxylation is 1. The third-order valence-electron chi connectivity index (χ3n) is 6.16. The van der Waals surface area contributed by atoms with E-state index < -0.39 is 38.1 Å². The van der Waals surface area contributed by atoms with E-state index in [4.69, 9.17) is 0 Å². The number of aliphatic hydroxyl groups excluding tert-OH is 1. The first-order valence-corrected chi connectivity index (χ1v) is 12.3. The molecule has 9 heteroatoms. The Morgan fingerprint density at radius 2 is 1.62 bits per heavy atom. The zero-order valence-corrected chi connectivity index (χ0v) is 19.3. The van der Waals surface area contributed by atoms with Gasteiger partial charge in [-0.1, -0.05) is 60.2 Å². The average Bonchev–Trinajstić information content (AvgIpc) is 2.82. The molecule has 1 amide bonds. The molecule has 0 bridgehead atoms. The summed E-state index contributed by atoms with van der Waals surface area (Å²) in [6.07, 6.45) is -1.76. The van der Waals surface area contributed by atoms with E-state index in [1.54, 1.807) is 36.4 Å². The third kappa shape index (κ3) is 4.57.